The monoisotopic (exact) mass is 506 g/mol. The maximum atomic E-state index is 12.2. The number of nitrogens with zero attached hydrogens (tertiary/aromatic N) is 3. The van der Waals surface area contributed by atoms with E-state index >= 15 is 0 Å². The second-order valence-electron chi connectivity index (χ2n) is 9.66. The molecule has 0 aliphatic heterocycles. The van der Waals surface area contributed by atoms with Crippen molar-refractivity contribution in [1.82, 2.24) is 25.1 Å². The zero-order valence-corrected chi connectivity index (χ0v) is 21.6. The summed E-state index contributed by atoms with van der Waals surface area (Å²) in [7, 11) is 0. The molecule has 0 aliphatic carbocycles. The van der Waals surface area contributed by atoms with E-state index in [0.717, 1.165) is 39.1 Å². The number of pyridine rings is 2. The maximum absolute atomic E-state index is 12.2. The number of hydrogen-bond donors (Lipinski definition) is 3. The van der Waals surface area contributed by atoms with E-state index in [1.54, 1.807) is 29.9 Å². The van der Waals surface area contributed by atoms with Crippen molar-refractivity contribution in [2.75, 3.05) is 5.32 Å². The summed E-state index contributed by atoms with van der Waals surface area (Å²) in [4.78, 5) is 27.3. The fourth-order valence-electron chi connectivity index (χ4n) is 4.59. The number of H-pyrrole nitrogens is 2. The molecule has 1 amide bonds. The van der Waals surface area contributed by atoms with Gasteiger partial charge in [-0.3, -0.25) is 19.9 Å². The first-order valence-corrected chi connectivity index (χ1v) is 13.0. The van der Waals surface area contributed by atoms with Gasteiger partial charge in [0.05, 0.1) is 35.0 Å². The van der Waals surface area contributed by atoms with E-state index in [4.69, 9.17) is 0 Å². The summed E-state index contributed by atoms with van der Waals surface area (Å²) in [5.41, 5.74) is 7.13. The lowest BCUT2D eigenvalue weighted by Gasteiger charge is -2.08. The van der Waals surface area contributed by atoms with Crippen molar-refractivity contribution >= 4 is 44.7 Å². The van der Waals surface area contributed by atoms with Crippen LogP contribution in [0.15, 0.2) is 67.1 Å². The summed E-state index contributed by atoms with van der Waals surface area (Å²) in [6.07, 6.45) is 5.66. The van der Waals surface area contributed by atoms with Crippen LogP contribution in [0.3, 0.4) is 0 Å². The lowest BCUT2D eigenvalue weighted by atomic mass is 10.1. The van der Waals surface area contributed by atoms with Crippen LogP contribution >= 0.6 is 11.3 Å². The number of aryl methyl sites for hydroxylation is 1. The van der Waals surface area contributed by atoms with Gasteiger partial charge < -0.3 is 10.3 Å². The number of thiophene rings is 1. The first-order valence-electron chi connectivity index (χ1n) is 12.2. The number of hydrogen-bond acceptors (Lipinski definition) is 5. The van der Waals surface area contributed by atoms with E-state index in [1.165, 1.54) is 20.7 Å². The molecule has 0 saturated carbocycles. The van der Waals surface area contributed by atoms with Gasteiger partial charge in [-0.2, -0.15) is 5.10 Å². The molecule has 0 spiro atoms. The molecule has 5 aromatic heterocycles. The van der Waals surface area contributed by atoms with Crippen LogP contribution in [0.25, 0.3) is 54.9 Å². The number of carbonyl (C=O) groups excluding carboxylic acids is 1. The number of amides is 1. The molecule has 6 aromatic rings. The predicted octanol–water partition coefficient (Wildman–Crippen LogP) is 7.19. The van der Waals surface area contributed by atoms with Gasteiger partial charge in [0.25, 0.3) is 0 Å². The van der Waals surface area contributed by atoms with E-state index in [0.29, 0.717) is 12.1 Å². The highest BCUT2D eigenvalue weighted by atomic mass is 32.1. The molecule has 0 saturated heterocycles. The molecular formula is C29H26N6OS. The molecule has 1 aromatic carbocycles. The number of nitrogens with one attached hydrogen (secondary N) is 3. The van der Waals surface area contributed by atoms with Gasteiger partial charge in [0.1, 0.15) is 5.69 Å². The molecule has 0 fully saturated rings. The molecule has 3 N–H and O–H groups in total. The van der Waals surface area contributed by atoms with E-state index in [-0.39, 0.29) is 11.8 Å². The summed E-state index contributed by atoms with van der Waals surface area (Å²) in [6.45, 7) is 6.17. The Hall–Kier alpha value is -4.30. The molecule has 0 bridgehead atoms. The summed E-state index contributed by atoms with van der Waals surface area (Å²) in [5.74, 6) is 0.264. The largest absolute Gasteiger partial charge is 0.353 e. The van der Waals surface area contributed by atoms with E-state index in [9.17, 15) is 4.79 Å². The molecule has 5 heterocycles. The Morgan fingerprint density at radius 2 is 1.92 bits per heavy atom. The number of anilines is 1. The Balaban J connectivity index is 1.38. The van der Waals surface area contributed by atoms with Crippen molar-refractivity contribution in [3.8, 4) is 33.1 Å². The topological polar surface area (TPSA) is 99.3 Å². The quantitative estimate of drug-likeness (QED) is 0.223. The maximum Gasteiger partial charge on any atom is 0.224 e. The van der Waals surface area contributed by atoms with Crippen molar-refractivity contribution in [1.29, 1.82) is 0 Å². The second-order valence-corrected chi connectivity index (χ2v) is 10.9. The van der Waals surface area contributed by atoms with E-state index < -0.39 is 0 Å². The van der Waals surface area contributed by atoms with Gasteiger partial charge in [0, 0.05) is 49.8 Å². The Bertz CT molecular complexity index is 1760. The normalized spacial score (nSPS) is 11.6. The van der Waals surface area contributed by atoms with Gasteiger partial charge in [0.2, 0.25) is 5.91 Å². The SMILES string of the molecule is Cc1ccc(-c2cccc3[nH]c(-c4n[nH]c5cnc(-c6cncc(NC(=O)CC(C)C)c6)cc45)cc23)s1. The average molecular weight is 507 g/mol. The highest BCUT2D eigenvalue weighted by Crippen LogP contribution is 2.37. The summed E-state index contributed by atoms with van der Waals surface area (Å²) in [5, 5.41) is 12.8. The number of rotatable bonds is 6. The summed E-state index contributed by atoms with van der Waals surface area (Å²) < 4.78 is 0. The number of benzene rings is 1. The molecule has 6 rings (SSSR count). The van der Waals surface area contributed by atoms with Crippen LogP contribution in [0.2, 0.25) is 0 Å². The van der Waals surface area contributed by atoms with Crippen molar-refractivity contribution in [3.63, 3.8) is 0 Å². The van der Waals surface area contributed by atoms with Crippen LogP contribution in [-0.2, 0) is 4.79 Å². The minimum Gasteiger partial charge on any atom is -0.353 e. The Morgan fingerprint density at radius 3 is 2.73 bits per heavy atom. The standard InChI is InChI=1S/C29H26N6OS/c1-16(2)9-28(36)32-19-10-18(13-30-14-19)24-12-22-26(15-31-24)34-35-29(22)25-11-21-20(5-4-6-23(21)33-25)27-8-7-17(3)37-27/h4-8,10-16,33H,9H2,1-3H3,(H,32,36)(H,34,35). The molecule has 184 valence electrons. The molecular weight excluding hydrogens is 480 g/mol. The van der Waals surface area contributed by atoms with Crippen LogP contribution in [0.1, 0.15) is 25.1 Å². The molecule has 37 heavy (non-hydrogen) atoms. The summed E-state index contributed by atoms with van der Waals surface area (Å²) >= 11 is 1.80. The second kappa shape index (κ2) is 9.29. The fraction of sp³-hybridized carbons (Fsp3) is 0.172. The minimum absolute atomic E-state index is 0.0228. The van der Waals surface area contributed by atoms with Crippen LogP contribution in [0.5, 0.6) is 0 Å². The molecule has 0 radical (unpaired) electrons. The fourth-order valence-corrected chi connectivity index (χ4v) is 5.50. The van der Waals surface area contributed by atoms with Gasteiger partial charge >= 0.3 is 0 Å². The third-order valence-electron chi connectivity index (χ3n) is 6.28. The highest BCUT2D eigenvalue weighted by Gasteiger charge is 2.16. The predicted molar refractivity (Wildman–Crippen MR) is 151 cm³/mol. The Labute approximate surface area is 218 Å². The first kappa shape index (κ1) is 23.1. The van der Waals surface area contributed by atoms with E-state index in [2.05, 4.69) is 73.8 Å². The van der Waals surface area contributed by atoms with E-state index in [1.807, 2.05) is 26.0 Å². The number of carbonyl (C=O) groups is 1. The van der Waals surface area contributed by atoms with Gasteiger partial charge in [-0.25, -0.2) is 0 Å². The molecule has 0 aliphatic rings. The number of aromatic nitrogens is 5. The van der Waals surface area contributed by atoms with Crippen molar-refractivity contribution in [2.45, 2.75) is 27.2 Å². The Morgan fingerprint density at radius 1 is 1.03 bits per heavy atom. The van der Waals surface area contributed by atoms with Crippen molar-refractivity contribution in [3.05, 3.63) is 72.0 Å². The lowest BCUT2D eigenvalue weighted by Crippen LogP contribution is -2.13. The highest BCUT2D eigenvalue weighted by molar-refractivity contribution is 7.15. The van der Waals surface area contributed by atoms with Gasteiger partial charge in [-0.05, 0) is 49.2 Å². The molecule has 0 unspecified atom stereocenters. The number of fused-ring (bicyclic) bond motifs is 2. The Kier molecular flexibility index (Phi) is 5.81. The third-order valence-corrected chi connectivity index (χ3v) is 7.32. The summed E-state index contributed by atoms with van der Waals surface area (Å²) in [6, 6.07) is 16.8. The van der Waals surface area contributed by atoms with Gasteiger partial charge in [-0.15, -0.1) is 11.3 Å². The minimum atomic E-state index is -0.0228. The van der Waals surface area contributed by atoms with Crippen molar-refractivity contribution in [2.24, 2.45) is 5.92 Å². The van der Waals surface area contributed by atoms with Crippen LogP contribution in [0, 0.1) is 12.8 Å². The zero-order valence-electron chi connectivity index (χ0n) is 20.8. The average Bonchev–Trinajstić information content (AvgIpc) is 3.60. The van der Waals surface area contributed by atoms with Gasteiger partial charge in [-0.1, -0.05) is 26.0 Å². The van der Waals surface area contributed by atoms with Crippen LogP contribution in [0.4, 0.5) is 5.69 Å². The molecule has 7 nitrogen and oxygen atoms in total. The smallest absolute Gasteiger partial charge is 0.224 e. The number of aromatic amines is 2. The van der Waals surface area contributed by atoms with Crippen LogP contribution < -0.4 is 5.32 Å². The van der Waals surface area contributed by atoms with Crippen LogP contribution in [-0.4, -0.2) is 31.1 Å². The molecule has 8 heteroatoms. The molecule has 0 atom stereocenters. The van der Waals surface area contributed by atoms with Gasteiger partial charge in [0.15, 0.2) is 0 Å². The first-order chi connectivity index (χ1) is 17.9. The lowest BCUT2D eigenvalue weighted by molar-refractivity contribution is -0.116. The third kappa shape index (κ3) is 4.51. The van der Waals surface area contributed by atoms with Crippen molar-refractivity contribution < 1.29 is 4.79 Å². The zero-order chi connectivity index (χ0) is 25.5.